The van der Waals surface area contributed by atoms with E-state index < -0.39 is 5.82 Å². The minimum absolute atomic E-state index is 0.149. The van der Waals surface area contributed by atoms with Crippen molar-refractivity contribution in [3.05, 3.63) is 82.4 Å². The van der Waals surface area contributed by atoms with Crippen LogP contribution in [0, 0.1) is 19.7 Å². The maximum Gasteiger partial charge on any atom is 0.248 e. The summed E-state index contributed by atoms with van der Waals surface area (Å²) in [6.45, 7) is 3.84. The first-order chi connectivity index (χ1) is 12.5. The summed E-state index contributed by atoms with van der Waals surface area (Å²) in [5.41, 5.74) is 3.92. The molecule has 0 spiro atoms. The van der Waals surface area contributed by atoms with Gasteiger partial charge in [-0.2, -0.15) is 5.10 Å². The quantitative estimate of drug-likeness (QED) is 0.662. The molecule has 26 heavy (non-hydrogen) atoms. The first kappa shape index (κ1) is 17.9. The molecule has 0 bridgehead atoms. The minimum atomic E-state index is -0.455. The Labute approximate surface area is 155 Å². The summed E-state index contributed by atoms with van der Waals surface area (Å²) < 4.78 is 14.9. The van der Waals surface area contributed by atoms with E-state index in [1.165, 1.54) is 18.2 Å². The van der Waals surface area contributed by atoms with Gasteiger partial charge in [0, 0.05) is 17.3 Å². The molecule has 0 saturated carbocycles. The predicted molar refractivity (Wildman–Crippen MR) is 102 cm³/mol. The van der Waals surface area contributed by atoms with Crippen molar-refractivity contribution in [3.8, 4) is 5.69 Å². The normalized spacial score (nSPS) is 11.1. The summed E-state index contributed by atoms with van der Waals surface area (Å²) in [6, 6.07) is 13.6. The highest BCUT2D eigenvalue weighted by Gasteiger charge is 2.11. The van der Waals surface area contributed by atoms with E-state index >= 15 is 0 Å². The Kier molecular flexibility index (Phi) is 5.19. The Morgan fingerprint density at radius 3 is 2.62 bits per heavy atom. The van der Waals surface area contributed by atoms with Crippen molar-refractivity contribution in [1.29, 1.82) is 0 Å². The molecule has 3 rings (SSSR count). The van der Waals surface area contributed by atoms with Crippen molar-refractivity contribution >= 4 is 29.3 Å². The summed E-state index contributed by atoms with van der Waals surface area (Å²) in [5, 5.41) is 7.32. The van der Waals surface area contributed by atoms with E-state index in [2.05, 4.69) is 10.4 Å². The largest absolute Gasteiger partial charge is 0.321 e. The maximum atomic E-state index is 13.1. The van der Waals surface area contributed by atoms with Crippen LogP contribution in [0.5, 0.6) is 0 Å². The van der Waals surface area contributed by atoms with Crippen molar-refractivity contribution in [3.63, 3.8) is 0 Å². The summed E-state index contributed by atoms with van der Waals surface area (Å²) in [6.07, 6.45) is 3.12. The lowest BCUT2D eigenvalue weighted by molar-refractivity contribution is -0.111. The number of halogens is 2. The third kappa shape index (κ3) is 3.83. The maximum absolute atomic E-state index is 13.1. The van der Waals surface area contributed by atoms with Crippen LogP contribution in [-0.4, -0.2) is 15.7 Å². The fourth-order valence-electron chi connectivity index (χ4n) is 2.64. The highest BCUT2D eigenvalue weighted by molar-refractivity contribution is 6.33. The zero-order valence-electron chi connectivity index (χ0n) is 14.3. The number of carbonyl (C=O) groups is 1. The van der Waals surface area contributed by atoms with Crippen molar-refractivity contribution in [2.45, 2.75) is 13.8 Å². The molecule has 0 radical (unpaired) electrons. The summed E-state index contributed by atoms with van der Waals surface area (Å²) >= 11 is 5.92. The van der Waals surface area contributed by atoms with E-state index in [0.29, 0.717) is 5.69 Å². The van der Waals surface area contributed by atoms with E-state index in [-0.39, 0.29) is 10.9 Å². The van der Waals surface area contributed by atoms with Gasteiger partial charge in [0.05, 0.1) is 22.1 Å². The van der Waals surface area contributed by atoms with Gasteiger partial charge in [-0.3, -0.25) is 4.79 Å². The van der Waals surface area contributed by atoms with Gasteiger partial charge in [0.25, 0.3) is 0 Å². The number of amides is 1. The Hall–Kier alpha value is -2.92. The van der Waals surface area contributed by atoms with Gasteiger partial charge in [-0.05, 0) is 50.3 Å². The van der Waals surface area contributed by atoms with Crippen LogP contribution in [0.25, 0.3) is 11.8 Å². The number of hydrogen-bond donors (Lipinski definition) is 1. The van der Waals surface area contributed by atoms with E-state index in [4.69, 9.17) is 11.6 Å². The average Bonchev–Trinajstić information content (AvgIpc) is 2.90. The predicted octanol–water partition coefficient (Wildman–Crippen LogP) is 4.93. The van der Waals surface area contributed by atoms with Gasteiger partial charge in [0.2, 0.25) is 5.91 Å². The molecule has 6 heteroatoms. The second kappa shape index (κ2) is 7.54. The number of aromatic nitrogens is 2. The molecule has 1 aromatic heterocycles. The van der Waals surface area contributed by atoms with Crippen molar-refractivity contribution in [2.24, 2.45) is 0 Å². The number of para-hydroxylation sites is 1. The van der Waals surface area contributed by atoms with E-state index in [0.717, 1.165) is 28.7 Å². The zero-order chi connectivity index (χ0) is 18.7. The smallest absolute Gasteiger partial charge is 0.248 e. The van der Waals surface area contributed by atoms with Gasteiger partial charge < -0.3 is 5.32 Å². The number of anilines is 1. The van der Waals surface area contributed by atoms with E-state index in [1.54, 1.807) is 6.08 Å². The van der Waals surface area contributed by atoms with Crippen LogP contribution in [0.3, 0.4) is 0 Å². The van der Waals surface area contributed by atoms with Gasteiger partial charge in [0.1, 0.15) is 5.82 Å². The number of carbonyl (C=O) groups excluding carboxylic acids is 1. The van der Waals surface area contributed by atoms with Crippen LogP contribution < -0.4 is 5.32 Å². The fraction of sp³-hybridized carbons (Fsp3) is 0.100. The molecule has 4 nitrogen and oxygen atoms in total. The number of benzene rings is 2. The third-order valence-corrected chi connectivity index (χ3v) is 4.25. The van der Waals surface area contributed by atoms with Crippen LogP contribution in [-0.2, 0) is 4.79 Å². The van der Waals surface area contributed by atoms with E-state index in [1.807, 2.05) is 48.9 Å². The molecule has 0 atom stereocenters. The van der Waals surface area contributed by atoms with Crippen LogP contribution >= 0.6 is 11.6 Å². The molecule has 1 amide bonds. The monoisotopic (exact) mass is 369 g/mol. The fourth-order valence-corrected chi connectivity index (χ4v) is 2.86. The molecule has 0 aliphatic heterocycles. The Bertz CT molecular complexity index is 980. The van der Waals surface area contributed by atoms with Crippen molar-refractivity contribution in [2.75, 3.05) is 5.32 Å². The number of nitrogens with one attached hydrogen (secondary N) is 1. The molecular formula is C20H17ClFN3O. The lowest BCUT2D eigenvalue weighted by Crippen LogP contribution is -2.08. The van der Waals surface area contributed by atoms with E-state index in [9.17, 15) is 9.18 Å². The van der Waals surface area contributed by atoms with Gasteiger partial charge in [-0.25, -0.2) is 9.07 Å². The molecule has 1 N–H and O–H groups in total. The topological polar surface area (TPSA) is 46.9 Å². The van der Waals surface area contributed by atoms with Crippen LogP contribution in [0.4, 0.5) is 10.1 Å². The molecule has 132 valence electrons. The van der Waals surface area contributed by atoms with Crippen LogP contribution in [0.15, 0.2) is 54.6 Å². The molecule has 0 unspecified atom stereocenters. The van der Waals surface area contributed by atoms with Crippen LogP contribution in [0.2, 0.25) is 5.02 Å². The second-order valence-corrected chi connectivity index (χ2v) is 6.19. The molecule has 0 aliphatic carbocycles. The average molecular weight is 370 g/mol. The standard InChI is InChI=1S/C20H17ClFN3O/c1-13-17(14(2)25(24-13)16-6-4-3-5-7-16)9-11-20(26)23-19-10-8-15(22)12-18(19)21/h3-12H,1-2H3,(H,23,26)/b11-9+. The molecule has 3 aromatic rings. The number of hydrogen-bond acceptors (Lipinski definition) is 2. The van der Waals surface area contributed by atoms with Crippen molar-refractivity contribution < 1.29 is 9.18 Å². The second-order valence-electron chi connectivity index (χ2n) is 5.78. The minimum Gasteiger partial charge on any atom is -0.321 e. The number of aryl methyl sites for hydroxylation is 1. The Morgan fingerprint density at radius 1 is 1.19 bits per heavy atom. The highest BCUT2D eigenvalue weighted by atomic mass is 35.5. The van der Waals surface area contributed by atoms with Gasteiger partial charge in [-0.1, -0.05) is 29.8 Å². The lowest BCUT2D eigenvalue weighted by atomic mass is 10.2. The van der Waals surface area contributed by atoms with Gasteiger partial charge in [0.15, 0.2) is 0 Å². The highest BCUT2D eigenvalue weighted by Crippen LogP contribution is 2.23. The SMILES string of the molecule is Cc1nn(-c2ccccc2)c(C)c1/C=C/C(=O)Nc1ccc(F)cc1Cl. The molecule has 0 aliphatic rings. The number of rotatable bonds is 4. The lowest BCUT2D eigenvalue weighted by Gasteiger charge is -2.05. The molecule has 0 saturated heterocycles. The molecule has 0 fully saturated rings. The zero-order valence-corrected chi connectivity index (χ0v) is 15.1. The Balaban J connectivity index is 1.80. The van der Waals surface area contributed by atoms with Crippen molar-refractivity contribution in [1.82, 2.24) is 9.78 Å². The summed E-state index contributed by atoms with van der Waals surface area (Å²) in [7, 11) is 0. The molecular weight excluding hydrogens is 353 g/mol. The van der Waals surface area contributed by atoms with Crippen LogP contribution in [0.1, 0.15) is 17.0 Å². The molecule has 1 heterocycles. The third-order valence-electron chi connectivity index (χ3n) is 3.94. The first-order valence-electron chi connectivity index (χ1n) is 8.01. The summed E-state index contributed by atoms with van der Waals surface area (Å²) in [4.78, 5) is 12.1. The van der Waals surface area contributed by atoms with Gasteiger partial charge in [-0.15, -0.1) is 0 Å². The number of nitrogens with zero attached hydrogens (tertiary/aromatic N) is 2. The Morgan fingerprint density at radius 2 is 1.92 bits per heavy atom. The summed E-state index contributed by atoms with van der Waals surface area (Å²) in [5.74, 6) is -0.812. The first-order valence-corrected chi connectivity index (χ1v) is 8.39. The van der Waals surface area contributed by atoms with Gasteiger partial charge >= 0.3 is 0 Å². The molecule has 2 aromatic carbocycles.